The van der Waals surface area contributed by atoms with Crippen molar-refractivity contribution in [3.63, 3.8) is 0 Å². The maximum absolute atomic E-state index is 17.6. The van der Waals surface area contributed by atoms with E-state index in [9.17, 15) is 8.78 Å². The molecule has 0 aliphatic carbocycles. The summed E-state index contributed by atoms with van der Waals surface area (Å²) in [5.41, 5.74) is 8.93. The number of para-hydroxylation sites is 2. The van der Waals surface area contributed by atoms with Gasteiger partial charge in [0.25, 0.3) is 0 Å². The van der Waals surface area contributed by atoms with Gasteiger partial charge in [0.1, 0.15) is 17.3 Å². The molecule has 0 bridgehead atoms. The predicted molar refractivity (Wildman–Crippen MR) is 321 cm³/mol. The summed E-state index contributed by atoms with van der Waals surface area (Å²) in [4.78, 5) is 3.24. The van der Waals surface area contributed by atoms with Crippen molar-refractivity contribution in [1.29, 1.82) is 0 Å². The standard InChI is InChI=1S/C72H44F6N4/c73-50-27-33-53(34-28-50)81-63-23-9-7-21-59(63)61-43-57(37-39-65(61)81)79(55-19-11-17-48(41-55)45-13-3-1-4-14-45)52-31-25-47(26-32-52)67-68(75)70(77)72(71(78)69(67)76)80(56-20-12-18-49(42-56)46-15-5-2-6-16-46)58-38-40-66-62(44-58)60-22-8-10-24-64(60)82(66)54-35-29-51(74)30-36-54/h1-44H. The van der Waals surface area contributed by atoms with Crippen LogP contribution in [0.15, 0.2) is 267 Å². The Balaban J connectivity index is 0.907. The molecule has 394 valence electrons. The van der Waals surface area contributed by atoms with E-state index in [0.29, 0.717) is 27.8 Å². The average molecular weight is 1080 g/mol. The zero-order valence-electron chi connectivity index (χ0n) is 43.5. The maximum Gasteiger partial charge on any atom is 0.186 e. The fourth-order valence-corrected chi connectivity index (χ4v) is 11.5. The second-order valence-corrected chi connectivity index (χ2v) is 20.1. The average Bonchev–Trinajstić information content (AvgIpc) is 4.10. The van der Waals surface area contributed by atoms with Crippen molar-refractivity contribution in [2.24, 2.45) is 0 Å². The molecule has 2 aromatic heterocycles. The summed E-state index contributed by atoms with van der Waals surface area (Å²) in [5, 5.41) is 3.35. The minimum atomic E-state index is -1.59. The van der Waals surface area contributed by atoms with Gasteiger partial charge in [-0.05, 0) is 161 Å². The Morgan fingerprint density at radius 3 is 1.10 bits per heavy atom. The monoisotopic (exact) mass is 1080 g/mol. The molecule has 4 nitrogen and oxygen atoms in total. The van der Waals surface area contributed by atoms with Crippen molar-refractivity contribution in [3.8, 4) is 44.8 Å². The van der Waals surface area contributed by atoms with E-state index in [1.165, 1.54) is 41.3 Å². The molecule has 0 saturated carbocycles. The highest BCUT2D eigenvalue weighted by molar-refractivity contribution is 6.12. The fraction of sp³-hybridized carbons (Fsp3) is 0. The molecule has 0 unspecified atom stereocenters. The first-order valence-electron chi connectivity index (χ1n) is 26.6. The van der Waals surface area contributed by atoms with Crippen LogP contribution in [-0.2, 0) is 0 Å². The number of nitrogens with zero attached hydrogens (tertiary/aromatic N) is 4. The second-order valence-electron chi connectivity index (χ2n) is 20.1. The van der Waals surface area contributed by atoms with E-state index in [0.717, 1.165) is 66.5 Å². The summed E-state index contributed by atoms with van der Waals surface area (Å²) in [7, 11) is 0. The summed E-state index contributed by atoms with van der Waals surface area (Å²) >= 11 is 0. The van der Waals surface area contributed by atoms with Crippen LogP contribution >= 0.6 is 0 Å². The Morgan fingerprint density at radius 1 is 0.244 bits per heavy atom. The Bertz CT molecular complexity index is 4720. The maximum atomic E-state index is 17.6. The first-order chi connectivity index (χ1) is 40.2. The van der Waals surface area contributed by atoms with Gasteiger partial charge >= 0.3 is 0 Å². The van der Waals surface area contributed by atoms with Crippen molar-refractivity contribution in [2.75, 3.05) is 9.80 Å². The topological polar surface area (TPSA) is 16.3 Å². The first kappa shape index (κ1) is 49.7. The third-order valence-electron chi connectivity index (χ3n) is 15.3. The number of hydrogen-bond acceptors (Lipinski definition) is 2. The summed E-state index contributed by atoms with van der Waals surface area (Å²) < 4.78 is 102. The Hall–Kier alpha value is -10.6. The van der Waals surface area contributed by atoms with E-state index in [1.807, 2.05) is 155 Å². The molecular formula is C72H44F6N4. The normalized spacial score (nSPS) is 11.5. The molecular weight excluding hydrogens is 1030 g/mol. The van der Waals surface area contributed by atoms with Gasteiger partial charge in [-0.15, -0.1) is 0 Å². The molecule has 0 N–H and O–H groups in total. The third-order valence-corrected chi connectivity index (χ3v) is 15.3. The quantitative estimate of drug-likeness (QED) is 0.0948. The van der Waals surface area contributed by atoms with Crippen LogP contribution in [-0.4, -0.2) is 9.13 Å². The Labute approximate surface area is 467 Å². The van der Waals surface area contributed by atoms with Crippen molar-refractivity contribution in [2.45, 2.75) is 0 Å². The minimum Gasteiger partial charge on any atom is -0.310 e. The second kappa shape index (κ2) is 20.3. The van der Waals surface area contributed by atoms with Gasteiger partial charge in [0, 0.05) is 61.4 Å². The van der Waals surface area contributed by atoms with Crippen molar-refractivity contribution in [3.05, 3.63) is 302 Å². The number of anilines is 6. The highest BCUT2D eigenvalue weighted by atomic mass is 19.2. The zero-order chi connectivity index (χ0) is 55.6. The molecule has 0 aliphatic rings. The highest BCUT2D eigenvalue weighted by Gasteiger charge is 2.32. The molecule has 10 heteroatoms. The molecule has 0 amide bonds. The van der Waals surface area contributed by atoms with E-state index in [2.05, 4.69) is 16.7 Å². The van der Waals surface area contributed by atoms with E-state index in [1.54, 1.807) is 72.8 Å². The largest absolute Gasteiger partial charge is 0.310 e. The molecule has 0 atom stereocenters. The molecule has 82 heavy (non-hydrogen) atoms. The van der Waals surface area contributed by atoms with Crippen LogP contribution in [0.25, 0.3) is 88.4 Å². The number of rotatable bonds is 11. The van der Waals surface area contributed by atoms with Crippen LogP contribution in [0.2, 0.25) is 0 Å². The molecule has 2 heterocycles. The predicted octanol–water partition coefficient (Wildman–Crippen LogP) is 20.7. The molecule has 14 rings (SSSR count). The Morgan fingerprint density at radius 2 is 0.622 bits per heavy atom. The van der Waals surface area contributed by atoms with E-state index < -0.39 is 40.3 Å². The lowest BCUT2D eigenvalue weighted by Crippen LogP contribution is -2.17. The summed E-state index contributed by atoms with van der Waals surface area (Å²) in [6, 6.07) is 79.9. The molecule has 12 aromatic carbocycles. The van der Waals surface area contributed by atoms with Gasteiger partial charge < -0.3 is 18.9 Å². The number of fused-ring (bicyclic) bond motifs is 6. The number of hydrogen-bond donors (Lipinski definition) is 0. The van der Waals surface area contributed by atoms with Crippen molar-refractivity contribution >= 4 is 77.7 Å². The zero-order valence-corrected chi connectivity index (χ0v) is 43.5. The van der Waals surface area contributed by atoms with Gasteiger partial charge in [-0.2, -0.15) is 0 Å². The van der Waals surface area contributed by atoms with Gasteiger partial charge in [0.15, 0.2) is 23.3 Å². The summed E-state index contributed by atoms with van der Waals surface area (Å²) in [6.45, 7) is 0. The van der Waals surface area contributed by atoms with Gasteiger partial charge in [0.2, 0.25) is 0 Å². The van der Waals surface area contributed by atoms with Gasteiger partial charge in [-0.3, -0.25) is 0 Å². The number of aromatic nitrogens is 2. The van der Waals surface area contributed by atoms with E-state index in [4.69, 9.17) is 0 Å². The van der Waals surface area contributed by atoms with Gasteiger partial charge in [0.05, 0.1) is 27.6 Å². The number of halogens is 6. The van der Waals surface area contributed by atoms with Gasteiger partial charge in [-0.25, -0.2) is 26.3 Å². The third kappa shape index (κ3) is 8.51. The molecule has 0 saturated heterocycles. The van der Waals surface area contributed by atoms with E-state index >= 15 is 17.6 Å². The van der Waals surface area contributed by atoms with Gasteiger partial charge in [-0.1, -0.05) is 133 Å². The summed E-state index contributed by atoms with van der Waals surface area (Å²) in [6.07, 6.45) is 0. The first-order valence-corrected chi connectivity index (χ1v) is 26.6. The van der Waals surface area contributed by atoms with Crippen LogP contribution in [0.1, 0.15) is 0 Å². The lowest BCUT2D eigenvalue weighted by atomic mass is 10.00. The van der Waals surface area contributed by atoms with E-state index in [-0.39, 0.29) is 22.8 Å². The molecule has 0 aliphatic heterocycles. The van der Waals surface area contributed by atoms with Crippen LogP contribution in [0.5, 0.6) is 0 Å². The lowest BCUT2D eigenvalue weighted by Gasteiger charge is -2.28. The van der Waals surface area contributed by atoms with Crippen LogP contribution in [0.4, 0.5) is 60.5 Å². The smallest absolute Gasteiger partial charge is 0.186 e. The highest BCUT2D eigenvalue weighted by Crippen LogP contribution is 2.47. The number of benzene rings is 12. The Kier molecular flexibility index (Phi) is 12.3. The van der Waals surface area contributed by atoms with Crippen molar-refractivity contribution < 1.29 is 26.3 Å². The summed E-state index contributed by atoms with van der Waals surface area (Å²) in [5.74, 6) is -7.07. The fourth-order valence-electron chi connectivity index (χ4n) is 11.5. The molecule has 0 fully saturated rings. The van der Waals surface area contributed by atoms with Crippen LogP contribution in [0.3, 0.4) is 0 Å². The molecule has 0 spiro atoms. The molecule has 14 aromatic rings. The van der Waals surface area contributed by atoms with Crippen molar-refractivity contribution in [1.82, 2.24) is 9.13 Å². The SMILES string of the molecule is Fc1ccc(-n2c3ccccc3c3cc(N(c4ccc(-c5c(F)c(F)c(N(c6cccc(-c7ccccc7)c6)c6ccc7c(c6)c6ccccc6n7-c6ccc(F)cc6)c(F)c5F)cc4)c4cccc(-c5ccccc5)c4)ccc32)cc1. The van der Waals surface area contributed by atoms with Crippen LogP contribution < -0.4 is 9.80 Å². The minimum absolute atomic E-state index is 0.0912. The molecule has 0 radical (unpaired) electrons. The lowest BCUT2D eigenvalue weighted by molar-refractivity contribution is 0.461. The van der Waals surface area contributed by atoms with Crippen LogP contribution in [0, 0.1) is 34.9 Å².